The summed E-state index contributed by atoms with van der Waals surface area (Å²) in [6.07, 6.45) is 5.84. The Hall–Kier alpha value is -3.23. The fourth-order valence-corrected chi connectivity index (χ4v) is 2.83. The largest absolute Gasteiger partial charge is 0.508 e. The Kier molecular flexibility index (Phi) is 4.50. The number of phenols is 1. The maximum Gasteiger partial charge on any atom is 0.198 e. The van der Waals surface area contributed by atoms with Gasteiger partial charge in [0, 0.05) is 5.56 Å². The monoisotopic (exact) mass is 331 g/mol. The molecule has 0 fully saturated rings. The molecule has 0 saturated carbocycles. The van der Waals surface area contributed by atoms with Crippen LogP contribution < -0.4 is 0 Å². The summed E-state index contributed by atoms with van der Waals surface area (Å²) in [4.78, 5) is 16.8. The Morgan fingerprint density at radius 2 is 2.04 bits per heavy atom. The van der Waals surface area contributed by atoms with Crippen LogP contribution in [-0.2, 0) is 0 Å². The van der Waals surface area contributed by atoms with Gasteiger partial charge >= 0.3 is 0 Å². The number of nitrogens with zero attached hydrogens (tertiary/aromatic N) is 2. The number of aromatic nitrogens is 1. The van der Waals surface area contributed by atoms with Gasteiger partial charge in [0.15, 0.2) is 5.78 Å². The topological polar surface area (TPSA) is 74.0 Å². The standard InChI is InChI=1S/C19H11N2O2S/c20-11-14-3-1-2-13(10-14)4-9-17(23)18-12-21-19(24-18)15-5-7-16(22)8-6-15/h1-10,22H. The molecule has 1 heterocycles. The quantitative estimate of drug-likeness (QED) is 0.577. The number of carbonyl (C=O) groups is 1. The Morgan fingerprint density at radius 3 is 2.79 bits per heavy atom. The minimum absolute atomic E-state index is 0.179. The van der Waals surface area contributed by atoms with Crippen molar-refractivity contribution in [3.63, 3.8) is 0 Å². The molecule has 0 unspecified atom stereocenters. The Morgan fingerprint density at radius 1 is 1.25 bits per heavy atom. The van der Waals surface area contributed by atoms with Gasteiger partial charge in [0.2, 0.25) is 0 Å². The van der Waals surface area contributed by atoms with Crippen LogP contribution in [0.1, 0.15) is 20.8 Å². The molecule has 3 rings (SSSR count). The number of ketones is 1. The molecular formula is C19H11N2O2S. The SMILES string of the molecule is N#Cc1cccc(C=CC(=O)c2[c]nc(-c3ccc(O)cc3)s2)c1. The number of aromatic hydroxyl groups is 1. The molecule has 0 atom stereocenters. The second-order valence-corrected chi connectivity index (χ2v) is 5.94. The molecule has 0 aliphatic rings. The van der Waals surface area contributed by atoms with Crippen molar-refractivity contribution >= 4 is 23.2 Å². The van der Waals surface area contributed by atoms with Crippen LogP contribution in [0.3, 0.4) is 0 Å². The summed E-state index contributed by atoms with van der Waals surface area (Å²) in [6.45, 7) is 0. The second kappa shape index (κ2) is 6.90. The number of thiazole rings is 1. The zero-order valence-electron chi connectivity index (χ0n) is 12.4. The molecule has 0 saturated heterocycles. The van der Waals surface area contributed by atoms with Crippen molar-refractivity contribution in [2.45, 2.75) is 0 Å². The molecule has 1 aromatic heterocycles. The first-order chi connectivity index (χ1) is 11.7. The Bertz CT molecular complexity index is 950. The molecule has 0 spiro atoms. The van der Waals surface area contributed by atoms with E-state index in [2.05, 4.69) is 17.3 Å². The van der Waals surface area contributed by atoms with Crippen molar-refractivity contribution in [3.05, 3.63) is 76.8 Å². The molecule has 0 aliphatic carbocycles. The minimum atomic E-state index is -0.195. The van der Waals surface area contributed by atoms with Gasteiger partial charge in [-0.1, -0.05) is 18.2 Å². The fraction of sp³-hybridized carbons (Fsp3) is 0. The van der Waals surface area contributed by atoms with E-state index in [0.717, 1.165) is 11.1 Å². The summed E-state index contributed by atoms with van der Waals surface area (Å²) in [7, 11) is 0. The number of rotatable bonds is 4. The Balaban J connectivity index is 1.77. The van der Waals surface area contributed by atoms with Gasteiger partial charge in [0.1, 0.15) is 21.8 Å². The van der Waals surface area contributed by atoms with Crippen LogP contribution in [0, 0.1) is 17.5 Å². The van der Waals surface area contributed by atoms with Crippen molar-refractivity contribution in [1.29, 1.82) is 5.26 Å². The van der Waals surface area contributed by atoms with Crippen molar-refractivity contribution in [2.75, 3.05) is 0 Å². The molecule has 1 radical (unpaired) electrons. The van der Waals surface area contributed by atoms with Gasteiger partial charge < -0.3 is 5.11 Å². The van der Waals surface area contributed by atoms with E-state index in [9.17, 15) is 9.90 Å². The van der Waals surface area contributed by atoms with E-state index in [1.807, 2.05) is 6.07 Å². The van der Waals surface area contributed by atoms with E-state index in [1.54, 1.807) is 48.5 Å². The van der Waals surface area contributed by atoms with Gasteiger partial charge in [-0.05, 0) is 48.0 Å². The third-order valence-electron chi connectivity index (χ3n) is 3.24. The summed E-state index contributed by atoms with van der Waals surface area (Å²) >= 11 is 1.24. The van der Waals surface area contributed by atoms with E-state index >= 15 is 0 Å². The highest BCUT2D eigenvalue weighted by atomic mass is 32.1. The maximum atomic E-state index is 12.2. The first-order valence-electron chi connectivity index (χ1n) is 7.06. The number of nitriles is 1. The molecule has 0 amide bonds. The average molecular weight is 331 g/mol. The van der Waals surface area contributed by atoms with Crippen LogP contribution in [-0.4, -0.2) is 15.9 Å². The van der Waals surface area contributed by atoms with E-state index in [1.165, 1.54) is 17.4 Å². The molecule has 115 valence electrons. The molecule has 0 aliphatic heterocycles. The molecule has 24 heavy (non-hydrogen) atoms. The highest BCUT2D eigenvalue weighted by Gasteiger charge is 2.10. The molecular weight excluding hydrogens is 320 g/mol. The number of allylic oxidation sites excluding steroid dienone is 1. The van der Waals surface area contributed by atoms with Crippen LogP contribution in [0.15, 0.2) is 54.6 Å². The summed E-state index contributed by atoms with van der Waals surface area (Å²) in [5, 5.41) is 18.8. The zero-order valence-corrected chi connectivity index (χ0v) is 13.2. The lowest BCUT2D eigenvalue weighted by atomic mass is 10.1. The van der Waals surface area contributed by atoms with Crippen LogP contribution >= 0.6 is 11.3 Å². The second-order valence-electron chi connectivity index (χ2n) is 4.94. The smallest absolute Gasteiger partial charge is 0.198 e. The lowest BCUT2D eigenvalue weighted by Gasteiger charge is -1.95. The third-order valence-corrected chi connectivity index (χ3v) is 4.26. The number of hydrogen-bond donors (Lipinski definition) is 1. The molecule has 5 heteroatoms. The van der Waals surface area contributed by atoms with Crippen molar-refractivity contribution in [3.8, 4) is 22.4 Å². The van der Waals surface area contributed by atoms with E-state index in [-0.39, 0.29) is 11.5 Å². The predicted octanol–water partition coefficient (Wildman–Crippen LogP) is 4.08. The van der Waals surface area contributed by atoms with E-state index < -0.39 is 0 Å². The number of carbonyl (C=O) groups excluding carboxylic acids is 1. The molecule has 4 nitrogen and oxygen atoms in total. The first kappa shape index (κ1) is 15.7. The molecule has 2 aromatic carbocycles. The van der Waals surface area contributed by atoms with Gasteiger partial charge in [-0.15, -0.1) is 11.3 Å². The molecule has 0 bridgehead atoms. The molecule has 3 aromatic rings. The van der Waals surface area contributed by atoms with E-state index in [4.69, 9.17) is 5.26 Å². The fourth-order valence-electron chi connectivity index (χ4n) is 2.04. The number of hydrogen-bond acceptors (Lipinski definition) is 5. The normalized spacial score (nSPS) is 10.6. The zero-order chi connectivity index (χ0) is 16.9. The maximum absolute atomic E-state index is 12.2. The Labute approximate surface area is 143 Å². The van der Waals surface area contributed by atoms with Gasteiger partial charge in [0.05, 0.1) is 11.6 Å². The highest BCUT2D eigenvalue weighted by molar-refractivity contribution is 7.17. The molecule has 1 N–H and O–H groups in total. The first-order valence-corrected chi connectivity index (χ1v) is 7.88. The average Bonchev–Trinajstić information content (AvgIpc) is 3.10. The van der Waals surface area contributed by atoms with Crippen molar-refractivity contribution in [2.24, 2.45) is 0 Å². The van der Waals surface area contributed by atoms with Crippen LogP contribution in [0.4, 0.5) is 0 Å². The summed E-state index contributed by atoms with van der Waals surface area (Å²) in [6, 6.07) is 15.7. The highest BCUT2D eigenvalue weighted by Crippen LogP contribution is 2.26. The van der Waals surface area contributed by atoms with Gasteiger partial charge in [-0.25, -0.2) is 4.98 Å². The van der Waals surface area contributed by atoms with Gasteiger partial charge in [-0.3, -0.25) is 4.79 Å². The summed E-state index contributed by atoms with van der Waals surface area (Å²) < 4.78 is 0. The number of phenolic OH excluding ortho intramolecular Hbond substituents is 1. The van der Waals surface area contributed by atoms with Gasteiger partial charge in [-0.2, -0.15) is 5.26 Å². The third kappa shape index (κ3) is 3.57. The lowest BCUT2D eigenvalue weighted by molar-refractivity contribution is 0.105. The van der Waals surface area contributed by atoms with E-state index in [0.29, 0.717) is 15.4 Å². The minimum Gasteiger partial charge on any atom is -0.508 e. The van der Waals surface area contributed by atoms with Crippen molar-refractivity contribution < 1.29 is 9.90 Å². The lowest BCUT2D eigenvalue weighted by Crippen LogP contribution is -1.89. The summed E-state index contributed by atoms with van der Waals surface area (Å²) in [5.41, 5.74) is 2.15. The van der Waals surface area contributed by atoms with Crippen LogP contribution in [0.2, 0.25) is 0 Å². The van der Waals surface area contributed by atoms with Crippen LogP contribution in [0.5, 0.6) is 5.75 Å². The van der Waals surface area contributed by atoms with Crippen LogP contribution in [0.25, 0.3) is 16.6 Å². The predicted molar refractivity (Wildman–Crippen MR) is 92.6 cm³/mol. The number of benzene rings is 2. The van der Waals surface area contributed by atoms with Crippen molar-refractivity contribution in [1.82, 2.24) is 4.98 Å². The summed E-state index contributed by atoms with van der Waals surface area (Å²) in [5.74, 6) is -0.0157. The van der Waals surface area contributed by atoms with Gasteiger partial charge in [0.25, 0.3) is 0 Å².